The van der Waals surface area contributed by atoms with Crippen molar-refractivity contribution in [1.29, 1.82) is 0 Å². The minimum atomic E-state index is -3.64. The fourth-order valence-corrected chi connectivity index (χ4v) is 8.73. The summed E-state index contributed by atoms with van der Waals surface area (Å²) in [5.41, 5.74) is 0.836. The molecule has 4 N–H and O–H groups in total. The molecule has 2 aromatic rings. The van der Waals surface area contributed by atoms with E-state index in [0.29, 0.717) is 29.0 Å². The minimum Gasteiger partial charge on any atom is -0.394 e. The van der Waals surface area contributed by atoms with Gasteiger partial charge in [-0.3, -0.25) is 0 Å². The molecule has 0 spiro atoms. The lowest BCUT2D eigenvalue weighted by atomic mass is 9.86. The predicted octanol–water partition coefficient (Wildman–Crippen LogP) is 3.53. The molecule has 10 heteroatoms. The molecule has 1 aromatic carbocycles. The smallest absolute Gasteiger partial charge is 0.184 e. The molecule has 1 aromatic heterocycles. The van der Waals surface area contributed by atoms with E-state index in [1.165, 1.54) is 11.3 Å². The van der Waals surface area contributed by atoms with E-state index in [1.807, 2.05) is 11.4 Å². The lowest BCUT2D eigenvalue weighted by molar-refractivity contribution is -0.230. The number of aliphatic hydroxyl groups is 4. The molecule has 4 rings (SSSR count). The molecule has 2 fully saturated rings. The topological polar surface area (TPSA) is 124 Å². The van der Waals surface area contributed by atoms with Crippen molar-refractivity contribution in [2.45, 2.75) is 91.5 Å². The van der Waals surface area contributed by atoms with Crippen LogP contribution in [0.3, 0.4) is 0 Å². The molecule has 1 aliphatic heterocycles. The van der Waals surface area contributed by atoms with Gasteiger partial charge in [0.25, 0.3) is 0 Å². The van der Waals surface area contributed by atoms with Crippen LogP contribution in [0.15, 0.2) is 45.1 Å². The normalized spacial score (nSPS) is 29.9. The summed E-state index contributed by atoms with van der Waals surface area (Å²) in [5, 5.41) is 42.2. The van der Waals surface area contributed by atoms with E-state index in [0.717, 1.165) is 42.1 Å². The Morgan fingerprint density at radius 2 is 1.60 bits per heavy atom. The number of hydrogen-bond acceptors (Lipinski definition) is 8. The summed E-state index contributed by atoms with van der Waals surface area (Å²) in [5.74, 6) is 0. The van der Waals surface area contributed by atoms with Crippen molar-refractivity contribution in [2.24, 2.45) is 0 Å². The standard InChI is InChI=1S/C25H33BrO7S2/c26-17-6-8-18(9-7-17)35(31,32)25(10-4-2-1-3-5-11-25)13-16-12-20(34-15-16)24-23(30)22(29)21(28)19(14-27)33-24/h6-9,12,15,19,21-24,27-30H,1-5,10-11,13-14H2/t19-,21-,22+,23-,24+/m1/s1. The van der Waals surface area contributed by atoms with Crippen LogP contribution in [0.5, 0.6) is 0 Å². The summed E-state index contributed by atoms with van der Waals surface area (Å²) in [6.45, 7) is -0.492. The van der Waals surface area contributed by atoms with Gasteiger partial charge in [0, 0.05) is 9.35 Å². The van der Waals surface area contributed by atoms with Gasteiger partial charge < -0.3 is 25.2 Å². The summed E-state index contributed by atoms with van der Waals surface area (Å²) in [6.07, 6.45) is 0.209. The Morgan fingerprint density at radius 1 is 0.971 bits per heavy atom. The summed E-state index contributed by atoms with van der Waals surface area (Å²) < 4.78 is 33.7. The maximum absolute atomic E-state index is 14.0. The van der Waals surface area contributed by atoms with Crippen molar-refractivity contribution in [3.8, 4) is 0 Å². The molecule has 0 unspecified atom stereocenters. The molecule has 7 nitrogen and oxygen atoms in total. The summed E-state index contributed by atoms with van der Waals surface area (Å²) >= 11 is 4.71. The van der Waals surface area contributed by atoms with Crippen molar-refractivity contribution in [3.63, 3.8) is 0 Å². The fourth-order valence-electron chi connectivity index (χ4n) is 5.30. The molecule has 1 saturated carbocycles. The van der Waals surface area contributed by atoms with E-state index < -0.39 is 51.7 Å². The maximum atomic E-state index is 14.0. The Morgan fingerprint density at radius 3 is 2.23 bits per heavy atom. The highest BCUT2D eigenvalue weighted by molar-refractivity contribution is 9.10. The molecule has 0 bridgehead atoms. The van der Waals surface area contributed by atoms with Gasteiger partial charge in [-0.25, -0.2) is 8.42 Å². The fraction of sp³-hybridized carbons (Fsp3) is 0.600. The zero-order chi connectivity index (χ0) is 25.2. The molecular formula is C25H33BrO7S2. The van der Waals surface area contributed by atoms with Crippen LogP contribution in [0.25, 0.3) is 0 Å². The molecule has 1 aliphatic carbocycles. The number of thiophene rings is 1. The Labute approximate surface area is 218 Å². The number of halogens is 1. The van der Waals surface area contributed by atoms with E-state index in [-0.39, 0.29) is 0 Å². The van der Waals surface area contributed by atoms with Crippen molar-refractivity contribution >= 4 is 37.1 Å². The van der Waals surface area contributed by atoms with Crippen molar-refractivity contribution in [2.75, 3.05) is 6.61 Å². The maximum Gasteiger partial charge on any atom is 0.184 e. The van der Waals surface area contributed by atoms with Gasteiger partial charge in [0.2, 0.25) is 0 Å². The molecule has 35 heavy (non-hydrogen) atoms. The zero-order valence-corrected chi connectivity index (χ0v) is 22.6. The first kappa shape index (κ1) is 27.2. The quantitative estimate of drug-likeness (QED) is 0.407. The first-order chi connectivity index (χ1) is 16.7. The van der Waals surface area contributed by atoms with Gasteiger partial charge in [-0.1, -0.05) is 48.0 Å². The Kier molecular flexibility index (Phi) is 8.75. The highest BCUT2D eigenvalue weighted by atomic mass is 79.9. The van der Waals surface area contributed by atoms with Gasteiger partial charge in [0.1, 0.15) is 30.5 Å². The van der Waals surface area contributed by atoms with Gasteiger partial charge in [-0.05, 0) is 60.5 Å². The summed E-state index contributed by atoms with van der Waals surface area (Å²) in [6, 6.07) is 8.66. The number of ether oxygens (including phenoxy) is 1. The second-order valence-electron chi connectivity index (χ2n) is 9.69. The molecule has 2 heterocycles. The SMILES string of the molecule is O=S(=O)(c1ccc(Br)cc1)C1(Cc2csc([C@@H]3O[C@H](CO)[C@@H](O)[C@H](O)[C@H]3O)c2)CCCCCCC1. The lowest BCUT2D eigenvalue weighted by Crippen LogP contribution is -2.55. The van der Waals surface area contributed by atoms with Crippen LogP contribution in [0, 0.1) is 0 Å². The van der Waals surface area contributed by atoms with E-state index >= 15 is 0 Å². The third kappa shape index (κ3) is 5.55. The van der Waals surface area contributed by atoms with Gasteiger partial charge in [0.15, 0.2) is 9.84 Å². The van der Waals surface area contributed by atoms with Crippen LogP contribution >= 0.6 is 27.3 Å². The van der Waals surface area contributed by atoms with Crippen LogP contribution in [0.4, 0.5) is 0 Å². The average molecular weight is 590 g/mol. The van der Waals surface area contributed by atoms with Crippen LogP contribution in [0.2, 0.25) is 0 Å². The first-order valence-corrected chi connectivity index (χ1v) is 15.2. The van der Waals surface area contributed by atoms with Gasteiger partial charge in [0.05, 0.1) is 16.2 Å². The monoisotopic (exact) mass is 588 g/mol. The molecule has 2 aliphatic rings. The predicted molar refractivity (Wildman–Crippen MR) is 137 cm³/mol. The van der Waals surface area contributed by atoms with Gasteiger partial charge >= 0.3 is 0 Å². The number of aliphatic hydroxyl groups excluding tert-OH is 4. The second kappa shape index (κ2) is 11.3. The van der Waals surface area contributed by atoms with E-state index in [9.17, 15) is 28.8 Å². The minimum absolute atomic E-state index is 0.325. The van der Waals surface area contributed by atoms with Crippen LogP contribution in [0.1, 0.15) is 61.5 Å². The van der Waals surface area contributed by atoms with E-state index in [2.05, 4.69) is 15.9 Å². The summed E-state index contributed by atoms with van der Waals surface area (Å²) in [7, 11) is -3.64. The molecule has 5 atom stereocenters. The van der Waals surface area contributed by atoms with E-state index in [4.69, 9.17) is 4.74 Å². The number of benzene rings is 1. The second-order valence-corrected chi connectivity index (χ2v) is 13.9. The van der Waals surface area contributed by atoms with Gasteiger partial charge in [-0.15, -0.1) is 11.3 Å². The highest BCUT2D eigenvalue weighted by Crippen LogP contribution is 2.42. The van der Waals surface area contributed by atoms with Crippen LogP contribution in [-0.2, 0) is 21.0 Å². The zero-order valence-electron chi connectivity index (χ0n) is 19.4. The van der Waals surface area contributed by atoms with E-state index in [1.54, 1.807) is 24.3 Å². The number of sulfone groups is 1. The largest absolute Gasteiger partial charge is 0.394 e. The van der Waals surface area contributed by atoms with Crippen molar-refractivity contribution in [3.05, 3.63) is 50.6 Å². The molecule has 194 valence electrons. The number of rotatable bonds is 6. The van der Waals surface area contributed by atoms with Crippen LogP contribution in [-0.4, -0.2) is 64.6 Å². The van der Waals surface area contributed by atoms with Crippen molar-refractivity contribution < 1.29 is 33.6 Å². The first-order valence-electron chi connectivity index (χ1n) is 12.1. The Hall–Kier alpha value is -0.850. The van der Waals surface area contributed by atoms with Gasteiger partial charge in [-0.2, -0.15) is 0 Å². The third-order valence-corrected chi connectivity index (χ3v) is 11.5. The van der Waals surface area contributed by atoms with Crippen LogP contribution < -0.4 is 0 Å². The lowest BCUT2D eigenvalue weighted by Gasteiger charge is -2.39. The summed E-state index contributed by atoms with van der Waals surface area (Å²) in [4.78, 5) is 0.949. The van der Waals surface area contributed by atoms with Crippen molar-refractivity contribution in [1.82, 2.24) is 0 Å². The molecular weight excluding hydrogens is 556 g/mol. The molecule has 0 amide bonds. The Balaban J connectivity index is 1.65. The Bertz CT molecular complexity index is 1080. The third-order valence-electron chi connectivity index (χ3n) is 7.33. The number of hydrogen-bond donors (Lipinski definition) is 4. The molecule has 1 saturated heterocycles. The average Bonchev–Trinajstić information content (AvgIpc) is 3.28. The highest BCUT2D eigenvalue weighted by Gasteiger charge is 2.46. The molecule has 0 radical (unpaired) electrons.